The number of nitrogens with one attached hydrogen (secondary N) is 3. The van der Waals surface area contributed by atoms with E-state index in [2.05, 4.69) is 15.8 Å². The molecule has 0 unspecified atom stereocenters. The second-order valence-electron chi connectivity index (χ2n) is 4.43. The number of hydrogen-bond acceptors (Lipinski definition) is 5. The van der Waals surface area contributed by atoms with Crippen LogP contribution < -0.4 is 16.5 Å². The van der Waals surface area contributed by atoms with Gasteiger partial charge in [0.05, 0.1) is 5.69 Å². The molecule has 1 amide bonds. The fourth-order valence-corrected chi connectivity index (χ4v) is 1.49. The summed E-state index contributed by atoms with van der Waals surface area (Å²) in [4.78, 5) is 11.9. The first-order valence-corrected chi connectivity index (χ1v) is 6.09. The molecule has 0 aromatic heterocycles. The predicted octanol–water partition coefficient (Wildman–Crippen LogP) is 0.806. The number of amides is 1. The van der Waals surface area contributed by atoms with Crippen LogP contribution in [0.4, 0.5) is 5.69 Å². The number of benzene rings is 1. The molecular formula is C13H14N6O. The Bertz CT molecular complexity index is 612. The Labute approximate surface area is 116 Å². The van der Waals surface area contributed by atoms with Crippen LogP contribution in [0, 0.1) is 16.7 Å². The average molecular weight is 270 g/mol. The zero-order chi connectivity index (χ0) is 14.5. The second-order valence-corrected chi connectivity index (χ2v) is 4.43. The molecule has 1 aliphatic carbocycles. The highest BCUT2D eigenvalue weighted by Crippen LogP contribution is 2.20. The summed E-state index contributed by atoms with van der Waals surface area (Å²) in [5.41, 5.74) is 8.63. The summed E-state index contributed by atoms with van der Waals surface area (Å²) in [5, 5.41) is 22.4. The standard InChI is InChI=1S/C13H14N6O/c14-7-11(12(15)16)19-18-10-3-1-2-8(6-10)13(20)17-9-4-5-9/h1-3,6,9,18H,4-5H2,(H3,15,16)(H,17,20)/b19-11+. The molecule has 0 saturated heterocycles. The SMILES string of the molecule is N#C/C(=N\Nc1cccc(C(=O)NC2CC2)c1)C(=N)N. The number of amidine groups is 1. The Kier molecular flexibility index (Phi) is 3.96. The fraction of sp³-hybridized carbons (Fsp3) is 0.231. The van der Waals surface area contributed by atoms with E-state index in [1.54, 1.807) is 30.3 Å². The molecule has 2 rings (SSSR count). The van der Waals surface area contributed by atoms with Crippen molar-refractivity contribution in [3.05, 3.63) is 29.8 Å². The van der Waals surface area contributed by atoms with Gasteiger partial charge in [-0.25, -0.2) is 0 Å². The summed E-state index contributed by atoms with van der Waals surface area (Å²) in [5.74, 6) is -0.546. The van der Waals surface area contributed by atoms with Crippen molar-refractivity contribution in [3.63, 3.8) is 0 Å². The van der Waals surface area contributed by atoms with E-state index in [0.717, 1.165) is 12.8 Å². The number of hydrogen-bond donors (Lipinski definition) is 4. The van der Waals surface area contributed by atoms with Crippen molar-refractivity contribution < 1.29 is 4.79 Å². The minimum absolute atomic E-state index is 0.132. The lowest BCUT2D eigenvalue weighted by molar-refractivity contribution is 0.0951. The Balaban J connectivity index is 2.07. The number of carbonyl (C=O) groups excluding carboxylic acids is 1. The van der Waals surface area contributed by atoms with Crippen molar-refractivity contribution >= 4 is 23.1 Å². The lowest BCUT2D eigenvalue weighted by Crippen LogP contribution is -2.25. The van der Waals surface area contributed by atoms with Gasteiger partial charge >= 0.3 is 0 Å². The fourth-order valence-electron chi connectivity index (χ4n) is 1.49. The molecule has 7 heteroatoms. The summed E-state index contributed by atoms with van der Waals surface area (Å²) >= 11 is 0. The van der Waals surface area contributed by atoms with E-state index in [1.807, 2.05) is 0 Å². The Hall–Kier alpha value is -2.88. The molecule has 20 heavy (non-hydrogen) atoms. The number of nitrogens with zero attached hydrogens (tertiary/aromatic N) is 2. The van der Waals surface area contributed by atoms with Gasteiger partial charge in [-0.3, -0.25) is 15.6 Å². The van der Waals surface area contributed by atoms with E-state index in [0.29, 0.717) is 17.3 Å². The molecule has 1 aromatic carbocycles. The van der Waals surface area contributed by atoms with Crippen molar-refractivity contribution in [3.8, 4) is 6.07 Å². The maximum Gasteiger partial charge on any atom is 0.251 e. The Morgan fingerprint density at radius 1 is 1.50 bits per heavy atom. The summed E-state index contributed by atoms with van der Waals surface area (Å²) in [6.07, 6.45) is 2.05. The van der Waals surface area contributed by atoms with Gasteiger partial charge in [-0.1, -0.05) is 6.07 Å². The molecule has 0 spiro atoms. The van der Waals surface area contributed by atoms with Gasteiger partial charge in [-0.2, -0.15) is 10.4 Å². The molecule has 0 bridgehead atoms. The van der Waals surface area contributed by atoms with E-state index in [1.165, 1.54) is 0 Å². The monoisotopic (exact) mass is 270 g/mol. The molecule has 1 fully saturated rings. The molecule has 0 atom stereocenters. The summed E-state index contributed by atoms with van der Waals surface area (Å²) < 4.78 is 0. The molecule has 0 radical (unpaired) electrons. The maximum atomic E-state index is 11.9. The highest BCUT2D eigenvalue weighted by molar-refractivity contribution is 6.45. The molecule has 102 valence electrons. The largest absolute Gasteiger partial charge is 0.382 e. The van der Waals surface area contributed by atoms with Gasteiger partial charge in [-0.05, 0) is 31.0 Å². The number of nitrogens with two attached hydrogens (primary N) is 1. The van der Waals surface area contributed by atoms with Crippen molar-refractivity contribution in [2.75, 3.05) is 5.43 Å². The predicted molar refractivity (Wildman–Crippen MR) is 75.5 cm³/mol. The van der Waals surface area contributed by atoms with Crippen LogP contribution in [0.2, 0.25) is 0 Å². The molecular weight excluding hydrogens is 256 g/mol. The van der Waals surface area contributed by atoms with E-state index < -0.39 is 5.84 Å². The number of carbonyl (C=O) groups is 1. The van der Waals surface area contributed by atoms with Crippen LogP contribution in [0.15, 0.2) is 29.4 Å². The maximum absolute atomic E-state index is 11.9. The first-order valence-electron chi connectivity index (χ1n) is 6.09. The highest BCUT2D eigenvalue weighted by atomic mass is 16.1. The molecule has 0 heterocycles. The van der Waals surface area contributed by atoms with Crippen molar-refractivity contribution in [1.82, 2.24) is 5.32 Å². The van der Waals surface area contributed by atoms with Crippen LogP contribution in [0.1, 0.15) is 23.2 Å². The van der Waals surface area contributed by atoms with Gasteiger partial charge in [0.1, 0.15) is 6.07 Å². The van der Waals surface area contributed by atoms with Gasteiger partial charge < -0.3 is 11.1 Å². The molecule has 7 nitrogen and oxygen atoms in total. The van der Waals surface area contributed by atoms with E-state index >= 15 is 0 Å². The van der Waals surface area contributed by atoms with E-state index in [9.17, 15) is 4.79 Å². The van der Waals surface area contributed by atoms with Gasteiger partial charge in [0, 0.05) is 11.6 Å². The first-order chi connectivity index (χ1) is 9.60. The van der Waals surface area contributed by atoms with Crippen LogP contribution in [-0.2, 0) is 0 Å². The van der Waals surface area contributed by atoms with Gasteiger partial charge in [0.15, 0.2) is 5.84 Å². The van der Waals surface area contributed by atoms with E-state index in [4.69, 9.17) is 16.4 Å². The van der Waals surface area contributed by atoms with Crippen molar-refractivity contribution in [2.45, 2.75) is 18.9 Å². The third-order valence-corrected chi connectivity index (χ3v) is 2.70. The molecule has 1 aromatic rings. The number of nitriles is 1. The molecule has 5 N–H and O–H groups in total. The average Bonchev–Trinajstić information content (AvgIpc) is 3.23. The Morgan fingerprint density at radius 3 is 2.85 bits per heavy atom. The summed E-state index contributed by atoms with van der Waals surface area (Å²) in [7, 11) is 0. The van der Waals surface area contributed by atoms with Gasteiger partial charge in [0.25, 0.3) is 5.91 Å². The van der Waals surface area contributed by atoms with Crippen molar-refractivity contribution in [2.24, 2.45) is 10.8 Å². The number of rotatable bonds is 5. The second kappa shape index (κ2) is 5.84. The molecule has 1 saturated carbocycles. The summed E-state index contributed by atoms with van der Waals surface area (Å²) in [6, 6.07) is 8.72. The third-order valence-electron chi connectivity index (χ3n) is 2.70. The van der Waals surface area contributed by atoms with Crippen LogP contribution >= 0.6 is 0 Å². The Morgan fingerprint density at radius 2 is 2.25 bits per heavy atom. The minimum Gasteiger partial charge on any atom is -0.382 e. The van der Waals surface area contributed by atoms with Crippen LogP contribution in [-0.4, -0.2) is 23.5 Å². The lowest BCUT2D eigenvalue weighted by Gasteiger charge is -2.06. The van der Waals surface area contributed by atoms with Crippen LogP contribution in [0.5, 0.6) is 0 Å². The van der Waals surface area contributed by atoms with Crippen LogP contribution in [0.3, 0.4) is 0 Å². The van der Waals surface area contributed by atoms with E-state index in [-0.39, 0.29) is 11.6 Å². The lowest BCUT2D eigenvalue weighted by atomic mass is 10.2. The zero-order valence-electron chi connectivity index (χ0n) is 10.7. The van der Waals surface area contributed by atoms with Gasteiger partial charge in [-0.15, -0.1) is 0 Å². The van der Waals surface area contributed by atoms with Crippen LogP contribution in [0.25, 0.3) is 0 Å². The minimum atomic E-state index is -0.414. The van der Waals surface area contributed by atoms with Crippen molar-refractivity contribution in [1.29, 1.82) is 10.7 Å². The normalized spacial score (nSPS) is 14.2. The molecule has 1 aliphatic rings. The quantitative estimate of drug-likeness (QED) is 0.358. The zero-order valence-corrected chi connectivity index (χ0v) is 10.7. The van der Waals surface area contributed by atoms with Gasteiger partial charge in [0.2, 0.25) is 5.71 Å². The third kappa shape index (κ3) is 3.55. The number of anilines is 1. The highest BCUT2D eigenvalue weighted by Gasteiger charge is 2.23. The number of hydrazone groups is 1. The smallest absolute Gasteiger partial charge is 0.251 e. The first kappa shape index (κ1) is 13.5. The topological polar surface area (TPSA) is 127 Å². The summed E-state index contributed by atoms with van der Waals surface area (Å²) in [6.45, 7) is 0. The molecule has 0 aliphatic heterocycles.